The standard InChI is InChI=1S/C12H10ClN3O2S2/c1-7-4-12(15-19-7)16-20(17,18)11-6-14-10-5-8(13)2-3-9(10)11/h2-6,14H,1H3,(H,15,16). The zero-order valence-electron chi connectivity index (χ0n) is 10.3. The van der Waals surface area contributed by atoms with E-state index in [0.29, 0.717) is 21.7 Å². The van der Waals surface area contributed by atoms with E-state index in [1.54, 1.807) is 24.3 Å². The highest BCUT2D eigenvalue weighted by atomic mass is 35.5. The Morgan fingerprint density at radius 1 is 1.35 bits per heavy atom. The number of sulfonamides is 1. The minimum atomic E-state index is -3.68. The molecule has 104 valence electrons. The van der Waals surface area contributed by atoms with Crippen molar-refractivity contribution in [1.82, 2.24) is 9.36 Å². The van der Waals surface area contributed by atoms with Gasteiger partial charge in [0.05, 0.1) is 0 Å². The van der Waals surface area contributed by atoms with Gasteiger partial charge in [-0.3, -0.25) is 4.72 Å². The zero-order chi connectivity index (χ0) is 14.3. The molecule has 0 fully saturated rings. The first kappa shape index (κ1) is 13.4. The minimum Gasteiger partial charge on any atom is -0.360 e. The lowest BCUT2D eigenvalue weighted by Crippen LogP contribution is -2.12. The highest BCUT2D eigenvalue weighted by molar-refractivity contribution is 7.93. The first-order chi connectivity index (χ1) is 9.45. The van der Waals surface area contributed by atoms with Gasteiger partial charge in [-0.25, -0.2) is 8.42 Å². The Morgan fingerprint density at radius 3 is 2.85 bits per heavy atom. The van der Waals surface area contributed by atoms with Crippen molar-refractivity contribution >= 4 is 49.9 Å². The summed E-state index contributed by atoms with van der Waals surface area (Å²) >= 11 is 7.13. The van der Waals surface area contributed by atoms with E-state index in [1.807, 2.05) is 6.92 Å². The predicted molar refractivity (Wildman–Crippen MR) is 81.0 cm³/mol. The van der Waals surface area contributed by atoms with Crippen LogP contribution >= 0.6 is 23.1 Å². The first-order valence-electron chi connectivity index (χ1n) is 5.68. The lowest BCUT2D eigenvalue weighted by atomic mass is 10.2. The smallest absolute Gasteiger partial charge is 0.265 e. The van der Waals surface area contributed by atoms with Crippen molar-refractivity contribution in [2.75, 3.05) is 4.72 Å². The number of aromatic amines is 1. The second-order valence-corrected chi connectivity index (χ2v) is 7.37. The molecule has 0 saturated heterocycles. The number of aromatic nitrogens is 2. The Bertz CT molecular complexity index is 883. The van der Waals surface area contributed by atoms with Gasteiger partial charge in [-0.1, -0.05) is 11.6 Å². The number of hydrogen-bond acceptors (Lipinski definition) is 4. The monoisotopic (exact) mass is 327 g/mol. The molecule has 0 aliphatic rings. The van der Waals surface area contributed by atoms with Crippen molar-refractivity contribution < 1.29 is 8.42 Å². The molecule has 3 aromatic rings. The molecule has 5 nitrogen and oxygen atoms in total. The van der Waals surface area contributed by atoms with E-state index < -0.39 is 10.0 Å². The van der Waals surface area contributed by atoms with Gasteiger partial charge in [0.25, 0.3) is 10.0 Å². The molecule has 2 N–H and O–H groups in total. The second kappa shape index (κ2) is 4.76. The van der Waals surface area contributed by atoms with Crippen LogP contribution in [-0.2, 0) is 10.0 Å². The van der Waals surface area contributed by atoms with Crippen molar-refractivity contribution in [3.63, 3.8) is 0 Å². The molecular formula is C12H10ClN3O2S2. The average molecular weight is 328 g/mol. The third-order valence-corrected chi connectivity index (χ3v) is 5.09. The van der Waals surface area contributed by atoms with Crippen LogP contribution in [0.3, 0.4) is 0 Å². The third-order valence-electron chi connectivity index (χ3n) is 2.76. The van der Waals surface area contributed by atoms with E-state index in [2.05, 4.69) is 14.1 Å². The molecule has 0 aliphatic heterocycles. The molecular weight excluding hydrogens is 318 g/mol. The van der Waals surface area contributed by atoms with Crippen molar-refractivity contribution in [2.45, 2.75) is 11.8 Å². The first-order valence-corrected chi connectivity index (χ1v) is 8.32. The summed E-state index contributed by atoms with van der Waals surface area (Å²) in [5.41, 5.74) is 0.673. The van der Waals surface area contributed by atoms with E-state index in [0.717, 1.165) is 4.88 Å². The van der Waals surface area contributed by atoms with E-state index in [1.165, 1.54) is 17.7 Å². The molecule has 3 rings (SSSR count). The van der Waals surface area contributed by atoms with Crippen molar-refractivity contribution in [2.24, 2.45) is 0 Å². The van der Waals surface area contributed by atoms with Gasteiger partial charge >= 0.3 is 0 Å². The maximum absolute atomic E-state index is 12.4. The summed E-state index contributed by atoms with van der Waals surface area (Å²) in [6, 6.07) is 6.70. The van der Waals surface area contributed by atoms with E-state index in [4.69, 9.17) is 11.6 Å². The van der Waals surface area contributed by atoms with Gasteiger partial charge in [-0.2, -0.15) is 4.37 Å². The summed E-state index contributed by atoms with van der Waals surface area (Å²) < 4.78 is 31.2. The number of halogens is 1. The minimum absolute atomic E-state index is 0.176. The summed E-state index contributed by atoms with van der Waals surface area (Å²) in [7, 11) is -3.68. The molecule has 0 spiro atoms. The maximum Gasteiger partial charge on any atom is 0.265 e. The van der Waals surface area contributed by atoms with Crippen molar-refractivity contribution in [3.05, 3.63) is 40.4 Å². The van der Waals surface area contributed by atoms with Crippen molar-refractivity contribution in [1.29, 1.82) is 0 Å². The summed E-state index contributed by atoms with van der Waals surface area (Å²) in [6.07, 6.45) is 1.45. The fourth-order valence-corrected chi connectivity index (χ4v) is 3.81. The lowest BCUT2D eigenvalue weighted by molar-refractivity contribution is 0.602. The lowest BCUT2D eigenvalue weighted by Gasteiger charge is -2.03. The maximum atomic E-state index is 12.4. The number of hydrogen-bond donors (Lipinski definition) is 2. The number of nitrogens with zero attached hydrogens (tertiary/aromatic N) is 1. The number of benzene rings is 1. The van der Waals surface area contributed by atoms with Crippen LogP contribution < -0.4 is 4.72 Å². The van der Waals surface area contributed by atoms with Crippen molar-refractivity contribution in [3.8, 4) is 0 Å². The van der Waals surface area contributed by atoms with Gasteiger partial charge in [0.15, 0.2) is 5.82 Å². The molecule has 0 amide bonds. The molecule has 0 bridgehead atoms. The summed E-state index contributed by atoms with van der Waals surface area (Å²) in [5, 5.41) is 1.14. The van der Waals surface area contributed by atoms with Crippen LogP contribution in [-0.4, -0.2) is 17.8 Å². The average Bonchev–Trinajstić information content (AvgIpc) is 2.94. The van der Waals surface area contributed by atoms with Crippen LogP contribution in [0.2, 0.25) is 5.02 Å². The second-order valence-electron chi connectivity index (χ2n) is 4.27. The van der Waals surface area contributed by atoms with Gasteiger partial charge in [-0.05, 0) is 42.7 Å². The van der Waals surface area contributed by atoms with E-state index in [-0.39, 0.29) is 4.90 Å². The highest BCUT2D eigenvalue weighted by Gasteiger charge is 2.20. The zero-order valence-corrected chi connectivity index (χ0v) is 12.7. The Hall–Kier alpha value is -1.57. The third kappa shape index (κ3) is 2.39. The van der Waals surface area contributed by atoms with Gasteiger partial charge in [0.2, 0.25) is 0 Å². The fraction of sp³-hybridized carbons (Fsp3) is 0.0833. The molecule has 0 radical (unpaired) electrons. The topological polar surface area (TPSA) is 74.8 Å². The molecule has 20 heavy (non-hydrogen) atoms. The summed E-state index contributed by atoms with van der Waals surface area (Å²) in [5.74, 6) is 0.329. The highest BCUT2D eigenvalue weighted by Crippen LogP contribution is 2.27. The number of fused-ring (bicyclic) bond motifs is 1. The van der Waals surface area contributed by atoms with Crippen LogP contribution in [0.15, 0.2) is 35.4 Å². The molecule has 8 heteroatoms. The van der Waals surface area contributed by atoms with Crippen LogP contribution in [0.4, 0.5) is 5.82 Å². The van der Waals surface area contributed by atoms with Gasteiger partial charge in [0.1, 0.15) is 4.90 Å². The fourth-order valence-electron chi connectivity index (χ4n) is 1.90. The Kier molecular flexibility index (Phi) is 3.19. The van der Waals surface area contributed by atoms with Gasteiger partial charge < -0.3 is 4.98 Å². The molecule has 2 aromatic heterocycles. The van der Waals surface area contributed by atoms with E-state index >= 15 is 0 Å². The molecule has 0 atom stereocenters. The molecule has 0 saturated carbocycles. The number of nitrogens with one attached hydrogen (secondary N) is 2. The van der Waals surface area contributed by atoms with Crippen LogP contribution in [0, 0.1) is 6.92 Å². The largest absolute Gasteiger partial charge is 0.360 e. The van der Waals surface area contributed by atoms with Crippen LogP contribution in [0.5, 0.6) is 0 Å². The summed E-state index contributed by atoms with van der Waals surface area (Å²) in [6.45, 7) is 1.86. The van der Waals surface area contributed by atoms with Crippen LogP contribution in [0.1, 0.15) is 4.88 Å². The molecule has 0 aliphatic carbocycles. The quantitative estimate of drug-likeness (QED) is 0.774. The Balaban J connectivity index is 2.05. The summed E-state index contributed by atoms with van der Waals surface area (Å²) in [4.78, 5) is 4.02. The van der Waals surface area contributed by atoms with Gasteiger partial charge in [0, 0.05) is 27.0 Å². The SMILES string of the molecule is Cc1cc(NS(=O)(=O)c2c[nH]c3cc(Cl)ccc23)ns1. The number of aryl methyl sites for hydroxylation is 1. The molecule has 1 aromatic carbocycles. The molecule has 2 heterocycles. The van der Waals surface area contributed by atoms with Gasteiger partial charge in [-0.15, -0.1) is 0 Å². The van der Waals surface area contributed by atoms with Crippen LogP contribution in [0.25, 0.3) is 10.9 Å². The Labute approximate surface area is 124 Å². The number of rotatable bonds is 3. The Morgan fingerprint density at radius 2 is 2.15 bits per heavy atom. The number of H-pyrrole nitrogens is 1. The predicted octanol–water partition coefficient (Wildman–Crippen LogP) is 3.39. The normalized spacial score (nSPS) is 11.9. The number of anilines is 1. The van der Waals surface area contributed by atoms with E-state index in [9.17, 15) is 8.42 Å². The molecule has 0 unspecified atom stereocenters.